The van der Waals surface area contributed by atoms with Crippen LogP contribution in [0.4, 0.5) is 13.2 Å². The molecule has 9 heteroatoms. The Morgan fingerprint density at radius 3 is 2.22 bits per heavy atom. The van der Waals surface area contributed by atoms with Gasteiger partial charge < -0.3 is 29.9 Å². The molecular formula is C23H25F3O6. The van der Waals surface area contributed by atoms with Gasteiger partial charge in [0.25, 0.3) is 0 Å². The Morgan fingerprint density at radius 2 is 1.62 bits per heavy atom. The van der Waals surface area contributed by atoms with Crippen LogP contribution in [0.15, 0.2) is 42.5 Å². The van der Waals surface area contributed by atoms with E-state index in [1.54, 1.807) is 18.2 Å². The summed E-state index contributed by atoms with van der Waals surface area (Å²) in [5.74, 6) is 0.112. The molecule has 6 nitrogen and oxygen atoms in total. The largest absolute Gasteiger partial charge is 0.573 e. The molecule has 1 aliphatic carbocycles. The standard InChI is InChI=1S/C23H25F3O6/c24-23(25,26)32-16-6-1-12(2-7-16)9-15-10-14(5-8-17(15)13-3-4-13)22-21(30)20(29)19(28)18(11-27)31-22/h1-2,5-8,10,13,18-22,27-30H,3-4,9,11H2/t18-,19-,20?,21-,22+/m1/s1. The lowest BCUT2D eigenvalue weighted by Gasteiger charge is -2.40. The van der Waals surface area contributed by atoms with Crippen LogP contribution in [0.3, 0.4) is 0 Å². The van der Waals surface area contributed by atoms with E-state index in [1.165, 1.54) is 12.1 Å². The maximum atomic E-state index is 12.4. The van der Waals surface area contributed by atoms with Crippen molar-refractivity contribution >= 4 is 0 Å². The first kappa shape index (κ1) is 23.0. The van der Waals surface area contributed by atoms with Crippen LogP contribution < -0.4 is 4.74 Å². The third-order valence-electron chi connectivity index (χ3n) is 5.96. The SMILES string of the molecule is OC[C@H]1O[C@@H](c2ccc(C3CC3)c(Cc3ccc(OC(F)(F)F)cc3)c2)[C@H](O)C(O)[C@@H]1O. The summed E-state index contributed by atoms with van der Waals surface area (Å²) in [6.07, 6.45) is -8.45. The van der Waals surface area contributed by atoms with Crippen LogP contribution in [-0.2, 0) is 11.2 Å². The summed E-state index contributed by atoms with van der Waals surface area (Å²) < 4.78 is 46.8. The summed E-state index contributed by atoms with van der Waals surface area (Å²) in [7, 11) is 0. The highest BCUT2D eigenvalue weighted by Gasteiger charge is 2.44. The van der Waals surface area contributed by atoms with Gasteiger partial charge in [0.1, 0.15) is 36.3 Å². The number of alkyl halides is 3. The topological polar surface area (TPSA) is 99.4 Å². The zero-order valence-electron chi connectivity index (χ0n) is 17.1. The normalized spacial score (nSPS) is 28.5. The van der Waals surface area contributed by atoms with Crippen LogP contribution in [0.1, 0.15) is 47.1 Å². The van der Waals surface area contributed by atoms with Crippen LogP contribution in [0.2, 0.25) is 0 Å². The minimum absolute atomic E-state index is 0.293. The zero-order valence-corrected chi connectivity index (χ0v) is 17.1. The van der Waals surface area contributed by atoms with Gasteiger partial charge in [-0.25, -0.2) is 0 Å². The van der Waals surface area contributed by atoms with E-state index in [0.717, 1.165) is 29.5 Å². The van der Waals surface area contributed by atoms with Crippen LogP contribution >= 0.6 is 0 Å². The monoisotopic (exact) mass is 454 g/mol. The first-order valence-electron chi connectivity index (χ1n) is 10.4. The molecule has 0 aromatic heterocycles. The maximum Gasteiger partial charge on any atom is 0.573 e. The molecule has 174 valence electrons. The molecule has 5 atom stereocenters. The second-order valence-corrected chi connectivity index (χ2v) is 8.35. The quantitative estimate of drug-likeness (QED) is 0.536. The molecule has 32 heavy (non-hydrogen) atoms. The number of hydrogen-bond acceptors (Lipinski definition) is 6. The number of benzene rings is 2. The van der Waals surface area contributed by atoms with E-state index in [2.05, 4.69) is 4.74 Å². The lowest BCUT2D eigenvalue weighted by molar-refractivity contribution is -0.274. The van der Waals surface area contributed by atoms with E-state index >= 15 is 0 Å². The van der Waals surface area contributed by atoms with Gasteiger partial charge in [0, 0.05) is 0 Å². The summed E-state index contributed by atoms with van der Waals surface area (Å²) in [4.78, 5) is 0. The molecule has 2 fully saturated rings. The Labute approximate surface area is 182 Å². The summed E-state index contributed by atoms with van der Waals surface area (Å²) in [6.45, 7) is -0.513. The zero-order chi connectivity index (χ0) is 23.0. The van der Waals surface area contributed by atoms with Crippen molar-refractivity contribution in [3.05, 3.63) is 64.7 Å². The highest BCUT2D eigenvalue weighted by molar-refractivity contribution is 5.42. The number of ether oxygens (including phenoxy) is 2. The van der Waals surface area contributed by atoms with Crippen molar-refractivity contribution in [3.8, 4) is 5.75 Å². The second kappa shape index (κ2) is 8.99. The average Bonchev–Trinajstić information content (AvgIpc) is 3.58. The molecule has 0 radical (unpaired) electrons. The second-order valence-electron chi connectivity index (χ2n) is 8.35. The highest BCUT2D eigenvalue weighted by Crippen LogP contribution is 2.43. The van der Waals surface area contributed by atoms with Crippen LogP contribution in [0.25, 0.3) is 0 Å². The average molecular weight is 454 g/mol. The first-order chi connectivity index (χ1) is 15.2. The molecule has 1 saturated carbocycles. The molecule has 0 bridgehead atoms. The molecule has 0 amide bonds. The van der Waals surface area contributed by atoms with E-state index in [0.29, 0.717) is 17.9 Å². The Hall–Kier alpha value is -2.17. The summed E-state index contributed by atoms with van der Waals surface area (Å²) in [6, 6.07) is 11.2. The van der Waals surface area contributed by atoms with Crippen molar-refractivity contribution < 1.29 is 43.1 Å². The number of rotatable bonds is 6. The van der Waals surface area contributed by atoms with E-state index in [-0.39, 0.29) is 5.75 Å². The minimum Gasteiger partial charge on any atom is -0.406 e. The molecule has 1 unspecified atom stereocenters. The fraction of sp³-hybridized carbons (Fsp3) is 0.478. The highest BCUT2D eigenvalue weighted by atomic mass is 19.4. The van der Waals surface area contributed by atoms with Crippen LogP contribution in [0.5, 0.6) is 5.75 Å². The van der Waals surface area contributed by atoms with Gasteiger partial charge in [-0.2, -0.15) is 0 Å². The van der Waals surface area contributed by atoms with Gasteiger partial charge in [-0.15, -0.1) is 13.2 Å². The third-order valence-corrected chi connectivity index (χ3v) is 5.96. The molecule has 4 N–H and O–H groups in total. The van der Waals surface area contributed by atoms with Crippen LogP contribution in [0, 0.1) is 0 Å². The van der Waals surface area contributed by atoms with Gasteiger partial charge in [0.05, 0.1) is 6.61 Å². The van der Waals surface area contributed by atoms with Gasteiger partial charge in [0.2, 0.25) is 0 Å². The number of hydrogen-bond donors (Lipinski definition) is 4. The molecule has 0 spiro atoms. The van der Waals surface area contributed by atoms with Crippen molar-refractivity contribution in [1.29, 1.82) is 0 Å². The summed E-state index contributed by atoms with van der Waals surface area (Å²) in [5.41, 5.74) is 3.42. The van der Waals surface area contributed by atoms with Gasteiger partial charge in [-0.05, 0) is 59.6 Å². The van der Waals surface area contributed by atoms with Crippen molar-refractivity contribution in [2.45, 2.75) is 62.1 Å². The first-order valence-corrected chi connectivity index (χ1v) is 10.4. The van der Waals surface area contributed by atoms with Gasteiger partial charge in [0.15, 0.2) is 0 Å². The van der Waals surface area contributed by atoms with E-state index < -0.39 is 43.5 Å². The van der Waals surface area contributed by atoms with Gasteiger partial charge >= 0.3 is 6.36 Å². The molecule has 1 heterocycles. The smallest absolute Gasteiger partial charge is 0.406 e. The maximum absolute atomic E-state index is 12.4. The predicted molar refractivity (Wildman–Crippen MR) is 107 cm³/mol. The lowest BCUT2D eigenvalue weighted by atomic mass is 9.88. The fourth-order valence-corrected chi connectivity index (χ4v) is 4.15. The molecule has 2 aromatic rings. The summed E-state index contributed by atoms with van der Waals surface area (Å²) >= 11 is 0. The molecule has 1 saturated heterocycles. The van der Waals surface area contributed by atoms with E-state index in [4.69, 9.17) is 4.74 Å². The Kier molecular flexibility index (Phi) is 6.46. The van der Waals surface area contributed by atoms with Crippen molar-refractivity contribution in [2.24, 2.45) is 0 Å². The molecule has 1 aliphatic heterocycles. The van der Waals surface area contributed by atoms with Crippen molar-refractivity contribution in [2.75, 3.05) is 6.61 Å². The van der Waals surface area contributed by atoms with Crippen molar-refractivity contribution in [1.82, 2.24) is 0 Å². The van der Waals surface area contributed by atoms with Crippen LogP contribution in [-0.4, -0.2) is 57.8 Å². The fourth-order valence-electron chi connectivity index (χ4n) is 4.15. The Bertz CT molecular complexity index is 926. The van der Waals surface area contributed by atoms with Gasteiger partial charge in [-0.1, -0.05) is 30.3 Å². The predicted octanol–water partition coefficient (Wildman–Crippen LogP) is 2.57. The molecule has 2 aromatic carbocycles. The van der Waals surface area contributed by atoms with E-state index in [9.17, 15) is 33.6 Å². The number of aliphatic hydroxyl groups is 4. The molecule has 2 aliphatic rings. The summed E-state index contributed by atoms with van der Waals surface area (Å²) in [5, 5.41) is 40.0. The van der Waals surface area contributed by atoms with E-state index in [1.807, 2.05) is 12.1 Å². The Morgan fingerprint density at radius 1 is 0.938 bits per heavy atom. The van der Waals surface area contributed by atoms with Crippen molar-refractivity contribution in [3.63, 3.8) is 0 Å². The molecule has 4 rings (SSSR count). The number of halogens is 3. The Balaban J connectivity index is 1.59. The third kappa shape index (κ3) is 5.07. The molecular weight excluding hydrogens is 429 g/mol. The number of aliphatic hydroxyl groups excluding tert-OH is 4. The lowest BCUT2D eigenvalue weighted by Crippen LogP contribution is -2.55. The minimum atomic E-state index is -4.75. The van der Waals surface area contributed by atoms with Gasteiger partial charge in [-0.3, -0.25) is 0 Å².